The van der Waals surface area contributed by atoms with Crippen LogP contribution in [0.15, 0.2) is 41.2 Å². The van der Waals surface area contributed by atoms with Crippen LogP contribution in [0.1, 0.15) is 18.4 Å². The number of ether oxygens (including phenoxy) is 2. The van der Waals surface area contributed by atoms with Crippen LogP contribution in [0.5, 0.6) is 11.5 Å². The summed E-state index contributed by atoms with van der Waals surface area (Å²) in [6, 6.07) is 11.5. The number of likely N-dealkylation sites (tertiary alicyclic amines) is 1. The molecule has 2 aliphatic rings. The van der Waals surface area contributed by atoms with E-state index in [0.29, 0.717) is 36.3 Å². The molecule has 5 nitrogen and oxygen atoms in total. The molecular weight excluding hydrogens is 376 g/mol. The summed E-state index contributed by atoms with van der Waals surface area (Å²) < 4.78 is 11.5. The molecule has 0 saturated carbocycles. The van der Waals surface area contributed by atoms with Gasteiger partial charge in [0.15, 0.2) is 11.5 Å². The van der Waals surface area contributed by atoms with Crippen molar-refractivity contribution in [2.45, 2.75) is 19.4 Å². The van der Waals surface area contributed by atoms with E-state index in [0.717, 1.165) is 40.7 Å². The Morgan fingerprint density at radius 3 is 2.39 bits per heavy atom. The van der Waals surface area contributed by atoms with E-state index >= 15 is 0 Å². The first-order chi connectivity index (χ1) is 13.7. The zero-order valence-corrected chi connectivity index (χ0v) is 16.2. The third-order valence-corrected chi connectivity index (χ3v) is 5.74. The van der Waals surface area contributed by atoms with Crippen molar-refractivity contribution in [3.05, 3.63) is 57.3 Å². The summed E-state index contributed by atoms with van der Waals surface area (Å²) in [4.78, 5) is 18.5. The van der Waals surface area contributed by atoms with Crippen LogP contribution in [0.3, 0.4) is 0 Å². The molecule has 1 N–H and O–H groups in total. The molecule has 2 aliphatic heterocycles. The molecule has 28 heavy (non-hydrogen) atoms. The lowest BCUT2D eigenvalue weighted by Crippen LogP contribution is -2.25. The van der Waals surface area contributed by atoms with Crippen molar-refractivity contribution in [3.8, 4) is 22.6 Å². The predicted octanol–water partition coefficient (Wildman–Crippen LogP) is 4.22. The van der Waals surface area contributed by atoms with Gasteiger partial charge in [-0.3, -0.25) is 9.69 Å². The number of nitrogens with one attached hydrogen (secondary N) is 1. The summed E-state index contributed by atoms with van der Waals surface area (Å²) in [6.45, 7) is 3.73. The van der Waals surface area contributed by atoms with Crippen molar-refractivity contribution in [1.29, 1.82) is 0 Å². The zero-order chi connectivity index (χ0) is 19.1. The predicted molar refractivity (Wildman–Crippen MR) is 111 cm³/mol. The van der Waals surface area contributed by atoms with Crippen molar-refractivity contribution in [3.63, 3.8) is 0 Å². The van der Waals surface area contributed by atoms with Crippen LogP contribution >= 0.6 is 11.6 Å². The first-order valence-electron chi connectivity index (χ1n) is 9.66. The van der Waals surface area contributed by atoms with Gasteiger partial charge in [-0.15, -0.1) is 0 Å². The van der Waals surface area contributed by atoms with Gasteiger partial charge < -0.3 is 14.5 Å². The van der Waals surface area contributed by atoms with E-state index in [1.165, 1.54) is 12.8 Å². The van der Waals surface area contributed by atoms with Crippen LogP contribution in [0, 0.1) is 0 Å². The topological polar surface area (TPSA) is 54.6 Å². The number of halogens is 1. The van der Waals surface area contributed by atoms with Crippen LogP contribution in [-0.2, 0) is 6.54 Å². The molecule has 0 unspecified atom stereocenters. The van der Waals surface area contributed by atoms with Gasteiger partial charge >= 0.3 is 0 Å². The molecule has 5 rings (SSSR count). The van der Waals surface area contributed by atoms with E-state index in [1.54, 1.807) is 0 Å². The Morgan fingerprint density at radius 2 is 1.68 bits per heavy atom. The molecular formula is C22H21ClN2O3. The van der Waals surface area contributed by atoms with Gasteiger partial charge in [0.05, 0.1) is 5.52 Å². The van der Waals surface area contributed by atoms with Crippen molar-refractivity contribution in [1.82, 2.24) is 9.88 Å². The Morgan fingerprint density at radius 1 is 1.00 bits per heavy atom. The summed E-state index contributed by atoms with van der Waals surface area (Å²) in [6.07, 6.45) is 2.36. The van der Waals surface area contributed by atoms with Crippen LogP contribution in [0.2, 0.25) is 5.02 Å². The van der Waals surface area contributed by atoms with Gasteiger partial charge in [0.2, 0.25) is 0 Å². The molecule has 6 heteroatoms. The molecule has 0 spiro atoms. The molecule has 3 aromatic rings. The number of pyridine rings is 1. The highest BCUT2D eigenvalue weighted by atomic mass is 35.5. The van der Waals surface area contributed by atoms with Gasteiger partial charge in [-0.1, -0.05) is 23.7 Å². The maximum atomic E-state index is 13.1. The van der Waals surface area contributed by atoms with E-state index in [1.807, 2.05) is 36.4 Å². The fraction of sp³-hybridized carbons (Fsp3) is 0.318. The number of nitrogens with zero attached hydrogens (tertiary/aromatic N) is 1. The van der Waals surface area contributed by atoms with E-state index in [-0.39, 0.29) is 5.56 Å². The van der Waals surface area contributed by atoms with Crippen molar-refractivity contribution >= 4 is 22.5 Å². The molecule has 0 aliphatic carbocycles. The van der Waals surface area contributed by atoms with Gasteiger partial charge in [-0.05, 0) is 49.7 Å². The Hall–Kier alpha value is -2.50. The molecule has 2 aromatic carbocycles. The van der Waals surface area contributed by atoms with Crippen molar-refractivity contribution in [2.75, 3.05) is 26.3 Å². The number of hydrogen-bond donors (Lipinski definition) is 1. The normalized spacial score (nSPS) is 16.6. The largest absolute Gasteiger partial charge is 0.486 e. The van der Waals surface area contributed by atoms with E-state index < -0.39 is 0 Å². The lowest BCUT2D eigenvalue weighted by atomic mass is 9.95. The second kappa shape index (κ2) is 7.15. The first kappa shape index (κ1) is 17.6. The van der Waals surface area contributed by atoms with Gasteiger partial charge in [-0.25, -0.2) is 0 Å². The Bertz CT molecular complexity index is 1090. The Kier molecular flexibility index (Phi) is 4.49. The van der Waals surface area contributed by atoms with Crippen LogP contribution in [-0.4, -0.2) is 36.2 Å². The molecule has 0 radical (unpaired) electrons. The number of aromatic nitrogens is 1. The third kappa shape index (κ3) is 3.15. The lowest BCUT2D eigenvalue weighted by Gasteiger charge is -2.22. The van der Waals surface area contributed by atoms with E-state index in [4.69, 9.17) is 21.1 Å². The molecule has 1 fully saturated rings. The average Bonchev–Trinajstić information content (AvgIpc) is 3.21. The number of rotatable bonds is 3. The zero-order valence-electron chi connectivity index (χ0n) is 15.5. The Balaban J connectivity index is 1.76. The Labute approximate surface area is 167 Å². The number of fused-ring (bicyclic) bond motifs is 2. The molecule has 0 amide bonds. The minimum Gasteiger partial charge on any atom is -0.486 e. The van der Waals surface area contributed by atoms with Crippen molar-refractivity contribution in [2.24, 2.45) is 0 Å². The van der Waals surface area contributed by atoms with Gasteiger partial charge in [0.1, 0.15) is 13.2 Å². The maximum absolute atomic E-state index is 13.1. The van der Waals surface area contributed by atoms with Crippen molar-refractivity contribution < 1.29 is 9.47 Å². The molecule has 144 valence electrons. The second-order valence-electron chi connectivity index (χ2n) is 7.34. The van der Waals surface area contributed by atoms with Gasteiger partial charge in [-0.2, -0.15) is 0 Å². The quantitative estimate of drug-likeness (QED) is 0.720. The fourth-order valence-electron chi connectivity index (χ4n) is 4.13. The number of H-pyrrole nitrogens is 1. The minimum absolute atomic E-state index is 0.0546. The van der Waals surface area contributed by atoms with Crippen LogP contribution < -0.4 is 15.0 Å². The molecule has 3 heterocycles. The lowest BCUT2D eigenvalue weighted by molar-refractivity contribution is 0.172. The highest BCUT2D eigenvalue weighted by Crippen LogP contribution is 2.39. The summed E-state index contributed by atoms with van der Waals surface area (Å²) in [5.74, 6) is 1.39. The van der Waals surface area contributed by atoms with Crippen LogP contribution in [0.4, 0.5) is 0 Å². The monoisotopic (exact) mass is 396 g/mol. The smallest absolute Gasteiger partial charge is 0.253 e. The fourth-order valence-corrected chi connectivity index (χ4v) is 4.26. The summed E-state index contributed by atoms with van der Waals surface area (Å²) in [7, 11) is 0. The molecule has 0 atom stereocenters. The summed E-state index contributed by atoms with van der Waals surface area (Å²) in [5, 5.41) is 1.63. The number of benzene rings is 2. The van der Waals surface area contributed by atoms with Crippen LogP contribution in [0.25, 0.3) is 22.0 Å². The molecule has 0 bridgehead atoms. The minimum atomic E-state index is -0.0546. The van der Waals surface area contributed by atoms with Gasteiger partial charge in [0.25, 0.3) is 5.56 Å². The standard InChI is InChI=1S/C22H21ClN2O3/c23-15-5-3-14(4-6-15)21-16-11-19-20(28-10-9-27-19)12-18(16)24-22(26)17(21)13-25-7-1-2-8-25/h3-6,11-12H,1-2,7-10,13H2,(H,24,26). The molecule has 1 aromatic heterocycles. The third-order valence-electron chi connectivity index (χ3n) is 5.49. The highest BCUT2D eigenvalue weighted by Gasteiger charge is 2.22. The molecule has 1 saturated heterocycles. The summed E-state index contributed by atoms with van der Waals surface area (Å²) >= 11 is 6.11. The van der Waals surface area contributed by atoms with E-state index in [9.17, 15) is 4.79 Å². The average molecular weight is 397 g/mol. The first-order valence-corrected chi connectivity index (χ1v) is 10.0. The SMILES string of the molecule is O=c1[nH]c2cc3c(cc2c(-c2ccc(Cl)cc2)c1CN1CCCC1)OCCO3. The summed E-state index contributed by atoms with van der Waals surface area (Å²) in [5.41, 5.74) is 3.41. The highest BCUT2D eigenvalue weighted by molar-refractivity contribution is 6.30. The number of hydrogen-bond acceptors (Lipinski definition) is 4. The van der Waals surface area contributed by atoms with E-state index in [2.05, 4.69) is 9.88 Å². The van der Waals surface area contributed by atoms with Gasteiger partial charge in [0, 0.05) is 34.1 Å². The number of aromatic amines is 1. The second-order valence-corrected chi connectivity index (χ2v) is 7.78. The maximum Gasteiger partial charge on any atom is 0.253 e.